The second-order valence-corrected chi connectivity index (χ2v) is 9.26. The molecule has 0 saturated carbocycles. The lowest BCUT2D eigenvalue weighted by atomic mass is 10.1. The van der Waals surface area contributed by atoms with Crippen LogP contribution in [0.15, 0.2) is 0 Å². The standard InChI is InChI=1S/C22H40N2O7/c1-9-11-12-13-24(15-18(26)29-10-2)19(27)16(14-17(25)30-21(3,4)5)23-20(28)31-22(6,7)8/h16H,9-15H2,1-8H3,(H,23,28)/t16-/m0/s1. The minimum atomic E-state index is -1.24. The van der Waals surface area contributed by atoms with E-state index in [9.17, 15) is 19.2 Å². The number of rotatable bonds is 11. The van der Waals surface area contributed by atoms with E-state index >= 15 is 0 Å². The first kappa shape index (κ1) is 28.7. The summed E-state index contributed by atoms with van der Waals surface area (Å²) in [6.07, 6.45) is 1.25. The normalized spacial score (nSPS) is 12.5. The summed E-state index contributed by atoms with van der Waals surface area (Å²) in [5.74, 6) is -1.77. The van der Waals surface area contributed by atoms with Crippen molar-refractivity contribution in [2.45, 2.75) is 98.3 Å². The molecule has 0 aliphatic heterocycles. The molecule has 0 rings (SSSR count). The summed E-state index contributed by atoms with van der Waals surface area (Å²) in [5.41, 5.74) is -1.53. The molecule has 0 heterocycles. The van der Waals surface area contributed by atoms with E-state index in [1.165, 1.54) is 4.90 Å². The van der Waals surface area contributed by atoms with Gasteiger partial charge in [0.1, 0.15) is 23.8 Å². The first-order valence-electron chi connectivity index (χ1n) is 10.8. The minimum absolute atomic E-state index is 0.188. The number of amides is 2. The second-order valence-electron chi connectivity index (χ2n) is 9.26. The second kappa shape index (κ2) is 13.2. The molecular formula is C22H40N2O7. The van der Waals surface area contributed by atoms with Crippen molar-refractivity contribution < 1.29 is 33.4 Å². The Labute approximate surface area is 186 Å². The van der Waals surface area contributed by atoms with Crippen LogP contribution < -0.4 is 5.32 Å². The minimum Gasteiger partial charge on any atom is -0.465 e. The molecule has 9 nitrogen and oxygen atoms in total. The van der Waals surface area contributed by atoms with Crippen molar-refractivity contribution in [3.8, 4) is 0 Å². The highest BCUT2D eigenvalue weighted by molar-refractivity contribution is 5.91. The van der Waals surface area contributed by atoms with E-state index < -0.39 is 41.2 Å². The lowest BCUT2D eigenvalue weighted by Gasteiger charge is -2.29. The third-order valence-corrected chi connectivity index (χ3v) is 3.75. The van der Waals surface area contributed by atoms with E-state index in [1.54, 1.807) is 48.5 Å². The van der Waals surface area contributed by atoms with Gasteiger partial charge in [0.2, 0.25) is 5.91 Å². The number of carbonyl (C=O) groups excluding carboxylic acids is 4. The Kier molecular flexibility index (Phi) is 12.2. The number of unbranched alkanes of at least 4 members (excludes halogenated alkanes) is 2. The van der Waals surface area contributed by atoms with E-state index in [-0.39, 0.29) is 19.6 Å². The van der Waals surface area contributed by atoms with Gasteiger partial charge in [0.15, 0.2) is 0 Å². The van der Waals surface area contributed by atoms with Crippen LogP contribution in [-0.4, -0.2) is 65.8 Å². The molecule has 0 bridgehead atoms. The third kappa shape index (κ3) is 14.3. The molecule has 0 aromatic carbocycles. The largest absolute Gasteiger partial charge is 0.465 e. The van der Waals surface area contributed by atoms with Crippen molar-refractivity contribution in [3.63, 3.8) is 0 Å². The van der Waals surface area contributed by atoms with Gasteiger partial charge in [-0.3, -0.25) is 14.4 Å². The molecule has 180 valence electrons. The van der Waals surface area contributed by atoms with Crippen LogP contribution >= 0.6 is 0 Å². The SMILES string of the molecule is CCCCCN(CC(=O)OCC)C(=O)[C@H](CC(=O)OC(C)(C)C)NC(=O)OC(C)(C)C. The Balaban J connectivity index is 5.58. The summed E-state index contributed by atoms with van der Waals surface area (Å²) < 4.78 is 15.5. The number of nitrogens with one attached hydrogen (secondary N) is 1. The fourth-order valence-corrected chi connectivity index (χ4v) is 2.60. The van der Waals surface area contributed by atoms with Crippen molar-refractivity contribution in [1.29, 1.82) is 0 Å². The van der Waals surface area contributed by atoms with Gasteiger partial charge in [0.05, 0.1) is 13.0 Å². The Hall–Kier alpha value is -2.32. The quantitative estimate of drug-likeness (QED) is 0.296. The Morgan fingerprint density at radius 1 is 0.871 bits per heavy atom. The van der Waals surface area contributed by atoms with E-state index in [0.717, 1.165) is 12.8 Å². The molecule has 0 unspecified atom stereocenters. The molecule has 1 atom stereocenters. The summed E-state index contributed by atoms with van der Waals surface area (Å²) in [5, 5.41) is 2.46. The van der Waals surface area contributed by atoms with Gasteiger partial charge in [-0.05, 0) is 54.9 Å². The summed E-state index contributed by atoms with van der Waals surface area (Å²) >= 11 is 0. The van der Waals surface area contributed by atoms with Crippen LogP contribution in [0.1, 0.15) is 81.1 Å². The molecule has 0 aliphatic rings. The predicted molar refractivity (Wildman–Crippen MR) is 116 cm³/mol. The van der Waals surface area contributed by atoms with Crippen molar-refractivity contribution in [3.05, 3.63) is 0 Å². The lowest BCUT2D eigenvalue weighted by Crippen LogP contribution is -2.52. The van der Waals surface area contributed by atoms with Gasteiger partial charge >= 0.3 is 18.0 Å². The van der Waals surface area contributed by atoms with Gasteiger partial charge in [0, 0.05) is 6.54 Å². The summed E-state index contributed by atoms with van der Waals surface area (Å²) in [6, 6.07) is -1.24. The van der Waals surface area contributed by atoms with Crippen LogP contribution in [0.5, 0.6) is 0 Å². The molecule has 31 heavy (non-hydrogen) atoms. The lowest BCUT2D eigenvalue weighted by molar-refractivity contribution is -0.157. The number of nitrogens with zero attached hydrogens (tertiary/aromatic N) is 1. The predicted octanol–water partition coefficient (Wildman–Crippen LogP) is 3.19. The molecule has 0 fully saturated rings. The van der Waals surface area contributed by atoms with Crippen LogP contribution in [-0.2, 0) is 28.6 Å². The highest BCUT2D eigenvalue weighted by Crippen LogP contribution is 2.13. The van der Waals surface area contributed by atoms with Crippen molar-refractivity contribution >= 4 is 23.9 Å². The zero-order chi connectivity index (χ0) is 24.2. The van der Waals surface area contributed by atoms with Crippen LogP contribution in [0.25, 0.3) is 0 Å². The van der Waals surface area contributed by atoms with Gasteiger partial charge in [-0.1, -0.05) is 19.8 Å². The molecule has 0 aliphatic carbocycles. The summed E-state index contributed by atoms with van der Waals surface area (Å²) in [6.45, 7) is 14.1. The first-order valence-corrected chi connectivity index (χ1v) is 10.8. The summed E-state index contributed by atoms with van der Waals surface area (Å²) in [7, 11) is 0. The highest BCUT2D eigenvalue weighted by atomic mass is 16.6. The monoisotopic (exact) mass is 444 g/mol. The molecule has 0 spiro atoms. The van der Waals surface area contributed by atoms with Gasteiger partial charge in [0.25, 0.3) is 0 Å². The molecule has 2 amide bonds. The number of hydrogen-bond donors (Lipinski definition) is 1. The first-order chi connectivity index (χ1) is 14.2. The maximum atomic E-state index is 13.2. The number of ether oxygens (including phenoxy) is 3. The van der Waals surface area contributed by atoms with Gasteiger partial charge < -0.3 is 24.4 Å². The fraction of sp³-hybridized carbons (Fsp3) is 0.818. The number of hydrogen-bond acceptors (Lipinski definition) is 7. The number of alkyl carbamates (subject to hydrolysis) is 1. The Bertz CT molecular complexity index is 576. The topological polar surface area (TPSA) is 111 Å². The number of esters is 2. The van der Waals surface area contributed by atoms with E-state index in [4.69, 9.17) is 14.2 Å². The highest BCUT2D eigenvalue weighted by Gasteiger charge is 2.32. The molecule has 0 saturated heterocycles. The maximum Gasteiger partial charge on any atom is 0.408 e. The molecule has 0 aromatic heterocycles. The number of carbonyl (C=O) groups is 4. The maximum absolute atomic E-state index is 13.2. The van der Waals surface area contributed by atoms with Crippen LogP contribution in [0.3, 0.4) is 0 Å². The average Bonchev–Trinajstić information content (AvgIpc) is 2.56. The van der Waals surface area contributed by atoms with Crippen LogP contribution in [0.2, 0.25) is 0 Å². The van der Waals surface area contributed by atoms with E-state index in [2.05, 4.69) is 5.32 Å². The summed E-state index contributed by atoms with van der Waals surface area (Å²) in [4.78, 5) is 51.2. The van der Waals surface area contributed by atoms with Crippen molar-refractivity contribution in [1.82, 2.24) is 10.2 Å². The Morgan fingerprint density at radius 2 is 1.45 bits per heavy atom. The Morgan fingerprint density at radius 3 is 1.94 bits per heavy atom. The zero-order valence-corrected chi connectivity index (χ0v) is 20.3. The smallest absolute Gasteiger partial charge is 0.408 e. The third-order valence-electron chi connectivity index (χ3n) is 3.75. The van der Waals surface area contributed by atoms with Gasteiger partial charge in [-0.2, -0.15) is 0 Å². The fourth-order valence-electron chi connectivity index (χ4n) is 2.60. The molecule has 0 radical (unpaired) electrons. The van der Waals surface area contributed by atoms with E-state index in [0.29, 0.717) is 13.0 Å². The van der Waals surface area contributed by atoms with Crippen molar-refractivity contribution in [2.75, 3.05) is 19.7 Å². The molecular weight excluding hydrogens is 404 g/mol. The average molecular weight is 445 g/mol. The van der Waals surface area contributed by atoms with E-state index in [1.807, 2.05) is 6.92 Å². The van der Waals surface area contributed by atoms with Crippen molar-refractivity contribution in [2.24, 2.45) is 0 Å². The molecule has 9 heteroatoms. The molecule has 1 N–H and O–H groups in total. The van der Waals surface area contributed by atoms with Crippen LogP contribution in [0, 0.1) is 0 Å². The van der Waals surface area contributed by atoms with Gasteiger partial charge in [-0.15, -0.1) is 0 Å². The van der Waals surface area contributed by atoms with Crippen LogP contribution in [0.4, 0.5) is 4.79 Å². The zero-order valence-electron chi connectivity index (χ0n) is 20.3. The van der Waals surface area contributed by atoms with Gasteiger partial charge in [-0.25, -0.2) is 4.79 Å². The molecule has 0 aromatic rings.